The van der Waals surface area contributed by atoms with E-state index in [1.165, 1.54) is 19.4 Å². The van der Waals surface area contributed by atoms with Crippen molar-refractivity contribution in [3.05, 3.63) is 12.2 Å². The summed E-state index contributed by atoms with van der Waals surface area (Å²) >= 11 is 0. The number of nitrogens with zero attached hydrogens (tertiary/aromatic N) is 1. The molecule has 0 radical (unpaired) electrons. The highest BCUT2D eigenvalue weighted by Gasteiger charge is 2.26. The third-order valence-electron chi connectivity index (χ3n) is 2.75. The molecule has 0 saturated carbocycles. The lowest BCUT2D eigenvalue weighted by atomic mass is 10.1. The maximum atomic E-state index is 10.5. The zero-order chi connectivity index (χ0) is 9.84. The molecule has 1 aliphatic heterocycles. The monoisotopic (exact) mass is 181 g/mol. The summed E-state index contributed by atoms with van der Waals surface area (Å²) in [5.74, 6) is 0. The molecule has 74 valence electrons. The summed E-state index contributed by atoms with van der Waals surface area (Å²) in [7, 11) is 0. The van der Waals surface area contributed by atoms with E-state index < -0.39 is 0 Å². The van der Waals surface area contributed by atoms with Crippen molar-refractivity contribution >= 4 is 6.29 Å². The molecule has 0 amide bonds. The summed E-state index contributed by atoms with van der Waals surface area (Å²) < 4.78 is 0. The maximum Gasteiger partial charge on any atom is 0.145 e. The van der Waals surface area contributed by atoms with Crippen LogP contribution in [0.25, 0.3) is 0 Å². The van der Waals surface area contributed by atoms with Crippen LogP contribution in [0.2, 0.25) is 0 Å². The Labute approximate surface area is 80.6 Å². The van der Waals surface area contributed by atoms with Crippen molar-refractivity contribution in [2.24, 2.45) is 0 Å². The van der Waals surface area contributed by atoms with Gasteiger partial charge < -0.3 is 0 Å². The predicted octanol–water partition coefficient (Wildman–Crippen LogP) is 2.00. The van der Waals surface area contributed by atoms with Gasteiger partial charge in [-0.2, -0.15) is 0 Å². The van der Waals surface area contributed by atoms with Crippen molar-refractivity contribution in [2.75, 3.05) is 6.54 Å². The Bertz CT molecular complexity index is 198. The highest BCUT2D eigenvalue weighted by Crippen LogP contribution is 2.24. The molecule has 1 fully saturated rings. The lowest BCUT2D eigenvalue weighted by Crippen LogP contribution is -2.35. The average Bonchev–Trinajstić information content (AvgIpc) is 2.52. The van der Waals surface area contributed by atoms with Crippen molar-refractivity contribution < 1.29 is 4.79 Å². The zero-order valence-corrected chi connectivity index (χ0v) is 8.62. The first-order chi connectivity index (χ1) is 6.15. The fraction of sp³-hybridized carbons (Fsp3) is 0.727. The van der Waals surface area contributed by atoms with Crippen molar-refractivity contribution in [2.45, 2.75) is 45.2 Å². The van der Waals surface area contributed by atoms with E-state index in [-0.39, 0.29) is 0 Å². The van der Waals surface area contributed by atoms with Crippen LogP contribution < -0.4 is 0 Å². The highest BCUT2D eigenvalue weighted by atomic mass is 16.1. The van der Waals surface area contributed by atoms with E-state index in [0.29, 0.717) is 12.1 Å². The normalized spacial score (nSPS) is 23.8. The molecule has 0 aromatic rings. The minimum Gasteiger partial charge on any atom is -0.298 e. The number of hydrogen-bond acceptors (Lipinski definition) is 2. The van der Waals surface area contributed by atoms with Gasteiger partial charge in [0.25, 0.3) is 0 Å². The van der Waals surface area contributed by atoms with Gasteiger partial charge in [-0.05, 0) is 45.2 Å². The van der Waals surface area contributed by atoms with Crippen LogP contribution in [0.4, 0.5) is 0 Å². The van der Waals surface area contributed by atoms with Crippen LogP contribution in [0.3, 0.4) is 0 Å². The highest BCUT2D eigenvalue weighted by molar-refractivity contribution is 5.72. The summed E-state index contributed by atoms with van der Waals surface area (Å²) in [4.78, 5) is 12.9. The SMILES string of the molecule is C=C(C=O)CC1CCCN1C(C)C. The summed E-state index contributed by atoms with van der Waals surface area (Å²) in [6.45, 7) is 9.33. The molecule has 0 aromatic carbocycles. The van der Waals surface area contributed by atoms with Crippen LogP contribution in [0.5, 0.6) is 0 Å². The van der Waals surface area contributed by atoms with Gasteiger partial charge in [-0.25, -0.2) is 0 Å². The number of carbonyl (C=O) groups is 1. The fourth-order valence-electron chi connectivity index (χ4n) is 2.11. The van der Waals surface area contributed by atoms with Crippen LogP contribution in [0, 0.1) is 0 Å². The molecule has 0 aliphatic carbocycles. The van der Waals surface area contributed by atoms with Crippen LogP contribution >= 0.6 is 0 Å². The first-order valence-corrected chi connectivity index (χ1v) is 5.04. The molecule has 0 N–H and O–H groups in total. The van der Waals surface area contributed by atoms with Crippen molar-refractivity contribution in [1.82, 2.24) is 4.90 Å². The van der Waals surface area contributed by atoms with Gasteiger partial charge in [0.15, 0.2) is 0 Å². The summed E-state index contributed by atoms with van der Waals surface area (Å²) in [6.07, 6.45) is 4.21. The molecule has 1 atom stereocenters. The number of likely N-dealkylation sites (tertiary alicyclic amines) is 1. The summed E-state index contributed by atoms with van der Waals surface area (Å²) in [6, 6.07) is 1.14. The Kier molecular flexibility index (Phi) is 3.67. The molecule has 2 nitrogen and oxygen atoms in total. The van der Waals surface area contributed by atoms with E-state index in [1.54, 1.807) is 0 Å². The van der Waals surface area contributed by atoms with E-state index in [0.717, 1.165) is 18.3 Å². The second-order valence-corrected chi connectivity index (χ2v) is 4.11. The minimum absolute atomic E-state index is 0.553. The Hall–Kier alpha value is -0.630. The molecule has 1 unspecified atom stereocenters. The Balaban J connectivity index is 2.48. The molecule has 13 heavy (non-hydrogen) atoms. The van der Waals surface area contributed by atoms with E-state index >= 15 is 0 Å². The van der Waals surface area contributed by atoms with E-state index in [4.69, 9.17) is 0 Å². The van der Waals surface area contributed by atoms with Gasteiger partial charge >= 0.3 is 0 Å². The predicted molar refractivity (Wildman–Crippen MR) is 54.7 cm³/mol. The van der Waals surface area contributed by atoms with Gasteiger partial charge in [0.05, 0.1) is 0 Å². The van der Waals surface area contributed by atoms with Gasteiger partial charge in [-0.1, -0.05) is 6.58 Å². The third-order valence-corrected chi connectivity index (χ3v) is 2.75. The largest absolute Gasteiger partial charge is 0.298 e. The number of aldehydes is 1. The fourth-order valence-corrected chi connectivity index (χ4v) is 2.11. The van der Waals surface area contributed by atoms with Gasteiger partial charge in [-0.3, -0.25) is 9.69 Å². The Morgan fingerprint density at radius 2 is 2.38 bits per heavy atom. The Morgan fingerprint density at radius 3 is 2.92 bits per heavy atom. The van der Waals surface area contributed by atoms with E-state index in [2.05, 4.69) is 25.3 Å². The van der Waals surface area contributed by atoms with Crippen LogP contribution in [-0.2, 0) is 4.79 Å². The van der Waals surface area contributed by atoms with E-state index in [9.17, 15) is 4.79 Å². The van der Waals surface area contributed by atoms with Crippen LogP contribution in [0.15, 0.2) is 12.2 Å². The molecular formula is C11H19NO. The summed E-state index contributed by atoms with van der Waals surface area (Å²) in [5, 5.41) is 0. The first kappa shape index (κ1) is 10.5. The molecule has 0 spiro atoms. The average molecular weight is 181 g/mol. The van der Waals surface area contributed by atoms with Crippen molar-refractivity contribution in [1.29, 1.82) is 0 Å². The summed E-state index contributed by atoms with van der Waals surface area (Å²) in [5.41, 5.74) is 0.734. The van der Waals surface area contributed by atoms with Crippen LogP contribution in [-0.4, -0.2) is 29.8 Å². The molecule has 1 saturated heterocycles. The third kappa shape index (κ3) is 2.66. The number of carbonyl (C=O) groups excluding carboxylic acids is 1. The molecule has 1 rings (SSSR count). The van der Waals surface area contributed by atoms with Crippen molar-refractivity contribution in [3.63, 3.8) is 0 Å². The second-order valence-electron chi connectivity index (χ2n) is 4.11. The quantitative estimate of drug-likeness (QED) is 0.488. The number of rotatable bonds is 4. The minimum atomic E-state index is 0.553. The Morgan fingerprint density at radius 1 is 1.69 bits per heavy atom. The maximum absolute atomic E-state index is 10.5. The lowest BCUT2D eigenvalue weighted by molar-refractivity contribution is -0.105. The molecular weight excluding hydrogens is 162 g/mol. The second kappa shape index (κ2) is 4.56. The molecule has 0 bridgehead atoms. The van der Waals surface area contributed by atoms with E-state index in [1.807, 2.05) is 0 Å². The number of hydrogen-bond donors (Lipinski definition) is 0. The van der Waals surface area contributed by atoms with Gasteiger partial charge in [0.2, 0.25) is 0 Å². The van der Waals surface area contributed by atoms with Crippen molar-refractivity contribution in [3.8, 4) is 0 Å². The van der Waals surface area contributed by atoms with Gasteiger partial charge in [0.1, 0.15) is 6.29 Å². The van der Waals surface area contributed by atoms with Gasteiger partial charge in [-0.15, -0.1) is 0 Å². The molecule has 1 heterocycles. The standard InChI is InChI=1S/C11H19NO/c1-9(2)12-6-4-5-11(12)7-10(3)8-13/h8-9,11H,3-7H2,1-2H3. The van der Waals surface area contributed by atoms with Gasteiger partial charge in [0, 0.05) is 12.1 Å². The zero-order valence-electron chi connectivity index (χ0n) is 8.62. The van der Waals surface area contributed by atoms with Crippen LogP contribution in [0.1, 0.15) is 33.1 Å². The lowest BCUT2D eigenvalue weighted by Gasteiger charge is -2.28. The topological polar surface area (TPSA) is 20.3 Å². The molecule has 2 heteroatoms. The first-order valence-electron chi connectivity index (χ1n) is 5.04. The molecule has 0 aromatic heterocycles. The molecule has 1 aliphatic rings. The smallest absolute Gasteiger partial charge is 0.145 e.